The van der Waals surface area contributed by atoms with Crippen LogP contribution >= 0.6 is 0 Å². The first-order chi connectivity index (χ1) is 9.86. The van der Waals surface area contributed by atoms with Crippen LogP contribution in [0.3, 0.4) is 0 Å². The van der Waals surface area contributed by atoms with Crippen molar-refractivity contribution in [2.24, 2.45) is 5.73 Å². The Balaban J connectivity index is 2.22. The van der Waals surface area contributed by atoms with Gasteiger partial charge in [-0.1, -0.05) is 0 Å². The zero-order valence-electron chi connectivity index (χ0n) is 10.6. The lowest BCUT2D eigenvalue weighted by Gasteiger charge is -2.14. The molecule has 0 radical (unpaired) electrons. The van der Waals surface area contributed by atoms with Crippen molar-refractivity contribution in [1.82, 2.24) is 0 Å². The quantitative estimate of drug-likeness (QED) is 0.508. The average molecular weight is 310 g/mol. The fourth-order valence-electron chi connectivity index (χ4n) is 1.99. The molecule has 0 bridgehead atoms. The molecule has 0 spiro atoms. The van der Waals surface area contributed by atoms with Crippen LogP contribution in [0.1, 0.15) is 12.8 Å². The zero-order valence-corrected chi connectivity index (χ0v) is 10.6. The first-order valence-electron chi connectivity index (χ1n) is 6.04. The summed E-state index contributed by atoms with van der Waals surface area (Å²) in [6.07, 6.45) is -0.722. The van der Waals surface area contributed by atoms with Gasteiger partial charge in [0.15, 0.2) is 23.3 Å². The van der Waals surface area contributed by atoms with E-state index in [0.717, 1.165) is 0 Å². The van der Waals surface area contributed by atoms with E-state index < -0.39 is 46.8 Å². The van der Waals surface area contributed by atoms with Gasteiger partial charge in [-0.2, -0.15) is 0 Å². The van der Waals surface area contributed by atoms with E-state index in [1.807, 2.05) is 0 Å². The van der Waals surface area contributed by atoms with E-state index >= 15 is 0 Å². The molecule has 1 saturated heterocycles. The van der Waals surface area contributed by atoms with Crippen molar-refractivity contribution in [3.05, 3.63) is 29.1 Å². The molecule has 1 heterocycles. The Morgan fingerprint density at radius 1 is 1.05 bits per heavy atom. The van der Waals surface area contributed by atoms with E-state index in [-0.39, 0.29) is 19.1 Å². The van der Waals surface area contributed by atoms with Gasteiger partial charge in [-0.05, 0) is 12.8 Å². The van der Waals surface area contributed by atoms with Gasteiger partial charge in [0.05, 0.1) is 6.10 Å². The summed E-state index contributed by atoms with van der Waals surface area (Å²) < 4.78 is 70.8. The molecule has 2 rings (SSSR count). The summed E-state index contributed by atoms with van der Waals surface area (Å²) in [6, 6.07) is 0. The number of ether oxygens (including phenoxy) is 1. The molecule has 2 unspecified atom stereocenters. The number of anilines is 1. The highest BCUT2D eigenvalue weighted by molar-refractivity contribution is 5.94. The molecule has 116 valence electrons. The molecule has 1 aromatic carbocycles. The molecule has 1 aliphatic rings. The van der Waals surface area contributed by atoms with Crippen LogP contribution in [0.15, 0.2) is 0 Å². The fourth-order valence-corrected chi connectivity index (χ4v) is 1.99. The predicted molar refractivity (Wildman–Crippen MR) is 61.8 cm³/mol. The van der Waals surface area contributed by atoms with E-state index in [4.69, 9.17) is 10.5 Å². The Morgan fingerprint density at radius 2 is 1.57 bits per heavy atom. The predicted octanol–water partition coefficient (Wildman–Crippen LogP) is 1.83. The van der Waals surface area contributed by atoms with Gasteiger partial charge in [0.25, 0.3) is 5.91 Å². The van der Waals surface area contributed by atoms with Crippen LogP contribution in [0.4, 0.5) is 27.6 Å². The van der Waals surface area contributed by atoms with E-state index in [9.17, 15) is 26.7 Å². The minimum atomic E-state index is -2.29. The van der Waals surface area contributed by atoms with Gasteiger partial charge < -0.3 is 15.8 Å². The van der Waals surface area contributed by atoms with Gasteiger partial charge in [-0.3, -0.25) is 4.79 Å². The van der Waals surface area contributed by atoms with Gasteiger partial charge in [0, 0.05) is 6.54 Å². The second kappa shape index (κ2) is 5.94. The summed E-state index contributed by atoms with van der Waals surface area (Å²) in [5, 5.41) is 1.67. The van der Waals surface area contributed by atoms with E-state index in [1.54, 1.807) is 5.32 Å². The molecule has 3 N–H and O–H groups in total. The molecule has 2 atom stereocenters. The SMILES string of the molecule is NCC1CCC(C(=O)Nc2c(F)c(F)c(F)c(F)c2F)O1. The van der Waals surface area contributed by atoms with Crippen molar-refractivity contribution in [3.63, 3.8) is 0 Å². The van der Waals surface area contributed by atoms with Crippen molar-refractivity contribution in [3.8, 4) is 0 Å². The Kier molecular flexibility index (Phi) is 4.43. The normalized spacial score (nSPS) is 21.6. The Labute approximate surface area is 116 Å². The van der Waals surface area contributed by atoms with E-state index in [0.29, 0.717) is 6.42 Å². The topological polar surface area (TPSA) is 64.4 Å². The van der Waals surface area contributed by atoms with Gasteiger partial charge in [0.2, 0.25) is 5.82 Å². The van der Waals surface area contributed by atoms with Crippen LogP contribution < -0.4 is 11.1 Å². The third-order valence-corrected chi connectivity index (χ3v) is 3.12. The molecular formula is C12H11F5N2O2. The van der Waals surface area contributed by atoms with E-state index in [2.05, 4.69) is 0 Å². The maximum Gasteiger partial charge on any atom is 0.253 e. The molecule has 0 saturated carbocycles. The van der Waals surface area contributed by atoms with Gasteiger partial charge >= 0.3 is 0 Å². The molecule has 1 aromatic rings. The zero-order chi connectivity index (χ0) is 15.7. The lowest BCUT2D eigenvalue weighted by molar-refractivity contribution is -0.126. The second-order valence-electron chi connectivity index (χ2n) is 4.49. The number of carbonyl (C=O) groups excluding carboxylic acids is 1. The fraction of sp³-hybridized carbons (Fsp3) is 0.417. The van der Waals surface area contributed by atoms with Crippen molar-refractivity contribution in [1.29, 1.82) is 0 Å². The highest BCUT2D eigenvalue weighted by atomic mass is 19.2. The smallest absolute Gasteiger partial charge is 0.253 e. The molecule has 1 aliphatic heterocycles. The van der Waals surface area contributed by atoms with Gasteiger partial charge in [-0.25, -0.2) is 22.0 Å². The number of rotatable bonds is 3. The second-order valence-corrected chi connectivity index (χ2v) is 4.49. The average Bonchev–Trinajstić information content (AvgIpc) is 2.96. The Hall–Kier alpha value is -1.74. The van der Waals surface area contributed by atoms with Crippen LogP contribution in [0, 0.1) is 29.1 Å². The number of amides is 1. The first-order valence-corrected chi connectivity index (χ1v) is 6.04. The van der Waals surface area contributed by atoms with Crippen LogP contribution in [-0.2, 0) is 9.53 Å². The molecule has 0 aliphatic carbocycles. The lowest BCUT2D eigenvalue weighted by Crippen LogP contribution is -2.30. The summed E-state index contributed by atoms with van der Waals surface area (Å²) in [5.41, 5.74) is 3.94. The summed E-state index contributed by atoms with van der Waals surface area (Å²) >= 11 is 0. The van der Waals surface area contributed by atoms with Crippen LogP contribution in [0.2, 0.25) is 0 Å². The largest absolute Gasteiger partial charge is 0.364 e. The highest BCUT2D eigenvalue weighted by Gasteiger charge is 2.33. The van der Waals surface area contributed by atoms with Crippen LogP contribution in [-0.4, -0.2) is 24.7 Å². The number of benzene rings is 1. The molecule has 4 nitrogen and oxygen atoms in total. The van der Waals surface area contributed by atoms with Crippen molar-refractivity contribution in [2.75, 3.05) is 11.9 Å². The minimum Gasteiger partial charge on any atom is -0.364 e. The van der Waals surface area contributed by atoms with Gasteiger partial charge in [0.1, 0.15) is 11.8 Å². The molecule has 1 amide bonds. The lowest BCUT2D eigenvalue weighted by atomic mass is 10.2. The highest BCUT2D eigenvalue weighted by Crippen LogP contribution is 2.28. The van der Waals surface area contributed by atoms with Gasteiger partial charge in [-0.15, -0.1) is 0 Å². The summed E-state index contributed by atoms with van der Waals surface area (Å²) in [4.78, 5) is 11.7. The monoisotopic (exact) mass is 310 g/mol. The Bertz CT molecular complexity index is 552. The van der Waals surface area contributed by atoms with Crippen molar-refractivity contribution in [2.45, 2.75) is 25.0 Å². The molecule has 9 heteroatoms. The molecule has 21 heavy (non-hydrogen) atoms. The number of carbonyl (C=O) groups is 1. The van der Waals surface area contributed by atoms with Crippen LogP contribution in [0.25, 0.3) is 0 Å². The van der Waals surface area contributed by atoms with Crippen LogP contribution in [0.5, 0.6) is 0 Å². The number of hydrogen-bond donors (Lipinski definition) is 2. The third kappa shape index (κ3) is 2.84. The maximum atomic E-state index is 13.4. The number of hydrogen-bond acceptors (Lipinski definition) is 3. The maximum absolute atomic E-state index is 13.4. The summed E-state index contributed by atoms with van der Waals surface area (Å²) in [7, 11) is 0. The minimum absolute atomic E-state index is 0.159. The summed E-state index contributed by atoms with van der Waals surface area (Å²) in [6.45, 7) is 0.159. The van der Waals surface area contributed by atoms with E-state index in [1.165, 1.54) is 0 Å². The summed E-state index contributed by atoms with van der Waals surface area (Å²) in [5.74, 6) is -11.7. The molecule has 1 fully saturated rings. The molecule has 0 aromatic heterocycles. The molecular weight excluding hydrogens is 299 g/mol. The number of nitrogens with two attached hydrogens (primary N) is 1. The number of nitrogens with one attached hydrogen (secondary N) is 1. The first kappa shape index (κ1) is 15.6. The standard InChI is InChI=1S/C12H11F5N2O2/c13-6-7(14)9(16)11(10(17)8(6)15)19-12(20)5-2-1-4(3-18)21-5/h4-5H,1-3,18H2,(H,19,20). The Morgan fingerprint density at radius 3 is 2.05 bits per heavy atom. The van der Waals surface area contributed by atoms with Crippen molar-refractivity contribution >= 4 is 11.6 Å². The number of halogens is 5. The van der Waals surface area contributed by atoms with Crippen molar-refractivity contribution < 1.29 is 31.5 Å². The third-order valence-electron chi connectivity index (χ3n) is 3.12.